The van der Waals surface area contributed by atoms with Crippen LogP contribution in [-0.4, -0.2) is 49.2 Å². The van der Waals surface area contributed by atoms with E-state index in [4.69, 9.17) is 9.47 Å². The van der Waals surface area contributed by atoms with Crippen LogP contribution in [-0.2, 0) is 17.1 Å². The number of benzene rings is 1. The first-order valence-electron chi connectivity index (χ1n) is 10.7. The van der Waals surface area contributed by atoms with Gasteiger partial charge in [-0.25, -0.2) is 19.1 Å². The van der Waals surface area contributed by atoms with Crippen LogP contribution < -0.4 is 4.74 Å². The van der Waals surface area contributed by atoms with Gasteiger partial charge in [0.1, 0.15) is 5.52 Å². The Morgan fingerprint density at radius 2 is 1.73 bits per heavy atom. The van der Waals surface area contributed by atoms with E-state index in [2.05, 4.69) is 20.2 Å². The van der Waals surface area contributed by atoms with Gasteiger partial charge < -0.3 is 9.47 Å². The zero-order valence-electron chi connectivity index (χ0n) is 19.4. The first-order valence-corrected chi connectivity index (χ1v) is 10.7. The fourth-order valence-corrected chi connectivity index (χ4v) is 3.56. The number of hydrogen-bond donors (Lipinski definition) is 0. The summed E-state index contributed by atoms with van der Waals surface area (Å²) in [7, 11) is 1.17. The third-order valence-electron chi connectivity index (χ3n) is 5.35. The minimum absolute atomic E-state index is 0.0205. The summed E-state index contributed by atoms with van der Waals surface area (Å²) in [5.41, 5.74) is -2.85. The van der Waals surface area contributed by atoms with Crippen molar-refractivity contribution in [3.63, 3.8) is 0 Å². The molecule has 0 bridgehead atoms. The van der Waals surface area contributed by atoms with Crippen molar-refractivity contribution in [3.05, 3.63) is 59.0 Å². The zero-order valence-corrected chi connectivity index (χ0v) is 19.4. The van der Waals surface area contributed by atoms with Gasteiger partial charge in [0.05, 0.1) is 37.1 Å². The highest BCUT2D eigenvalue weighted by Crippen LogP contribution is 2.38. The average molecular weight is 528 g/mol. The Morgan fingerprint density at radius 1 is 1.05 bits per heavy atom. The summed E-state index contributed by atoms with van der Waals surface area (Å²) >= 11 is 0. The number of nitrogens with zero attached hydrogens (tertiary/aromatic N) is 6. The van der Waals surface area contributed by atoms with Crippen molar-refractivity contribution in [2.45, 2.75) is 32.2 Å². The minimum atomic E-state index is -4.94. The van der Waals surface area contributed by atoms with Crippen molar-refractivity contribution in [1.29, 1.82) is 0 Å². The number of rotatable bonds is 6. The zero-order chi connectivity index (χ0) is 27.1. The number of carbonyl (C=O) groups is 1. The summed E-state index contributed by atoms with van der Waals surface area (Å²) in [5.74, 6) is -1.34. The Kier molecular flexibility index (Phi) is 6.56. The normalized spacial score (nSPS) is 13.1. The minimum Gasteiger partial charge on any atom is -0.479 e. The Morgan fingerprint density at radius 3 is 2.30 bits per heavy atom. The molecule has 4 aromatic rings. The monoisotopic (exact) mass is 528 g/mol. The fourth-order valence-electron chi connectivity index (χ4n) is 3.56. The van der Waals surface area contributed by atoms with Crippen LogP contribution in [0.1, 0.15) is 47.1 Å². The lowest BCUT2D eigenvalue weighted by molar-refractivity contribution is -0.140. The van der Waals surface area contributed by atoms with Crippen molar-refractivity contribution < 1.29 is 40.6 Å². The number of hydrogen-bond acceptors (Lipinski definition) is 7. The maximum atomic E-state index is 14.0. The third kappa shape index (κ3) is 4.93. The lowest BCUT2D eigenvalue weighted by atomic mass is 10.1. The molecule has 0 saturated carbocycles. The van der Waals surface area contributed by atoms with Crippen molar-refractivity contribution >= 4 is 17.0 Å². The fraction of sp³-hybridized carbons (Fsp3) is 0.318. The Hall–Kier alpha value is -4.17. The van der Waals surface area contributed by atoms with E-state index in [1.807, 2.05) is 0 Å². The SMILES string of the molecule is CCOC(=O)c1cnn(-c2nc(OC)c3c(n2)c(C(F)(F)F)nn3[C@@H](C)c2ccc(C(F)(F)F)cc2)c1. The number of methoxy groups -OCH3 is 1. The van der Waals surface area contributed by atoms with Crippen molar-refractivity contribution in [2.75, 3.05) is 13.7 Å². The highest BCUT2D eigenvalue weighted by atomic mass is 19.4. The highest BCUT2D eigenvalue weighted by molar-refractivity contribution is 5.89. The maximum Gasteiger partial charge on any atom is 0.437 e. The molecule has 0 N–H and O–H groups in total. The Labute approximate surface area is 204 Å². The van der Waals surface area contributed by atoms with E-state index in [-0.39, 0.29) is 35.1 Å². The number of esters is 1. The molecule has 196 valence electrons. The molecule has 0 amide bonds. The molecule has 0 saturated heterocycles. The number of carbonyl (C=O) groups excluding carboxylic acids is 1. The van der Waals surface area contributed by atoms with Crippen molar-refractivity contribution in [3.8, 4) is 11.8 Å². The summed E-state index contributed by atoms with van der Waals surface area (Å²) in [5, 5.41) is 7.61. The molecular weight excluding hydrogens is 510 g/mol. The topological polar surface area (TPSA) is 96.9 Å². The number of aromatic nitrogens is 6. The van der Waals surface area contributed by atoms with Crippen LogP contribution >= 0.6 is 0 Å². The quantitative estimate of drug-likeness (QED) is 0.261. The number of fused-ring (bicyclic) bond motifs is 1. The van der Waals surface area contributed by atoms with E-state index in [0.29, 0.717) is 0 Å². The van der Waals surface area contributed by atoms with Crippen LogP contribution in [0, 0.1) is 0 Å². The second-order valence-electron chi connectivity index (χ2n) is 7.71. The summed E-state index contributed by atoms with van der Waals surface area (Å²) in [6.07, 6.45) is -7.20. The highest BCUT2D eigenvalue weighted by Gasteiger charge is 2.40. The molecule has 3 heterocycles. The third-order valence-corrected chi connectivity index (χ3v) is 5.35. The molecular formula is C22H18F6N6O3. The molecule has 9 nitrogen and oxygen atoms in total. The van der Waals surface area contributed by atoms with Crippen LogP contribution in [0.25, 0.3) is 17.0 Å². The van der Waals surface area contributed by atoms with Crippen LogP contribution in [0.4, 0.5) is 26.3 Å². The van der Waals surface area contributed by atoms with Crippen LogP contribution in [0.2, 0.25) is 0 Å². The molecule has 1 aromatic carbocycles. The van der Waals surface area contributed by atoms with Gasteiger partial charge in [0.25, 0.3) is 5.95 Å². The molecule has 0 aliphatic rings. The molecule has 0 fully saturated rings. The van der Waals surface area contributed by atoms with E-state index in [1.165, 1.54) is 20.2 Å². The Balaban J connectivity index is 1.86. The number of halogens is 6. The van der Waals surface area contributed by atoms with E-state index in [9.17, 15) is 31.1 Å². The summed E-state index contributed by atoms with van der Waals surface area (Å²) in [4.78, 5) is 20.0. The largest absolute Gasteiger partial charge is 0.479 e. The van der Waals surface area contributed by atoms with Crippen LogP contribution in [0.5, 0.6) is 5.88 Å². The lowest BCUT2D eigenvalue weighted by Gasteiger charge is -2.16. The van der Waals surface area contributed by atoms with Gasteiger partial charge >= 0.3 is 18.3 Å². The molecule has 0 spiro atoms. The van der Waals surface area contributed by atoms with E-state index < -0.39 is 41.1 Å². The molecule has 0 aliphatic heterocycles. The van der Waals surface area contributed by atoms with E-state index in [1.54, 1.807) is 6.92 Å². The molecule has 4 rings (SSSR count). The van der Waals surface area contributed by atoms with Gasteiger partial charge in [-0.1, -0.05) is 12.1 Å². The van der Waals surface area contributed by atoms with Crippen molar-refractivity contribution in [1.82, 2.24) is 29.5 Å². The van der Waals surface area contributed by atoms with Crippen LogP contribution in [0.15, 0.2) is 36.7 Å². The molecule has 0 unspecified atom stereocenters. The number of ether oxygens (including phenoxy) is 2. The van der Waals surface area contributed by atoms with Gasteiger partial charge in [0, 0.05) is 6.20 Å². The smallest absolute Gasteiger partial charge is 0.437 e. The molecule has 15 heteroatoms. The Bertz CT molecular complexity index is 1440. The van der Waals surface area contributed by atoms with Gasteiger partial charge in [0.2, 0.25) is 5.88 Å². The second kappa shape index (κ2) is 9.37. The van der Waals surface area contributed by atoms with E-state index in [0.717, 1.165) is 39.8 Å². The molecule has 3 aromatic heterocycles. The lowest BCUT2D eigenvalue weighted by Crippen LogP contribution is -2.13. The average Bonchev–Trinajstić information content (AvgIpc) is 3.48. The standard InChI is InChI=1S/C22H18F6N6O3/c1-4-37-19(35)13-9-29-33(10-13)20-30-15-16(18(31-20)36-3)34(32-17(15)22(26,27)28)11(2)12-5-7-14(8-6-12)21(23,24)25/h5-11H,4H2,1-3H3/t11-/m0/s1. The predicted octanol–water partition coefficient (Wildman–Crippen LogP) is 4.84. The first-order chi connectivity index (χ1) is 17.3. The van der Waals surface area contributed by atoms with Crippen LogP contribution in [0.3, 0.4) is 0 Å². The number of alkyl halides is 6. The van der Waals surface area contributed by atoms with Gasteiger partial charge in [-0.3, -0.25) is 0 Å². The molecule has 1 atom stereocenters. The van der Waals surface area contributed by atoms with Gasteiger partial charge in [0.15, 0.2) is 11.2 Å². The molecule has 0 aliphatic carbocycles. The predicted molar refractivity (Wildman–Crippen MR) is 115 cm³/mol. The molecule has 37 heavy (non-hydrogen) atoms. The molecule has 0 radical (unpaired) electrons. The maximum absolute atomic E-state index is 14.0. The van der Waals surface area contributed by atoms with E-state index >= 15 is 0 Å². The van der Waals surface area contributed by atoms with Gasteiger partial charge in [-0.05, 0) is 31.5 Å². The first kappa shape index (κ1) is 25.9. The van der Waals surface area contributed by atoms with Crippen molar-refractivity contribution in [2.24, 2.45) is 0 Å². The summed E-state index contributed by atoms with van der Waals surface area (Å²) < 4.78 is 92.7. The van der Waals surface area contributed by atoms with Gasteiger partial charge in [-0.2, -0.15) is 41.5 Å². The second-order valence-corrected chi connectivity index (χ2v) is 7.71. The summed E-state index contributed by atoms with van der Waals surface area (Å²) in [6, 6.07) is 3.00. The van der Waals surface area contributed by atoms with Gasteiger partial charge in [-0.15, -0.1) is 0 Å². The summed E-state index contributed by atoms with van der Waals surface area (Å²) in [6.45, 7) is 3.17.